The van der Waals surface area contributed by atoms with Crippen LogP contribution in [0.3, 0.4) is 0 Å². The first-order valence-corrected chi connectivity index (χ1v) is 7.49. The van der Waals surface area contributed by atoms with Gasteiger partial charge in [-0.15, -0.1) is 11.8 Å². The van der Waals surface area contributed by atoms with Crippen molar-refractivity contribution in [2.45, 2.75) is 37.0 Å². The molecule has 0 heterocycles. The lowest BCUT2D eigenvalue weighted by atomic mass is 10.0. The lowest BCUT2D eigenvalue weighted by Gasteiger charge is -2.21. The maximum absolute atomic E-state index is 6.18. The molecule has 0 aliphatic heterocycles. The van der Waals surface area contributed by atoms with Gasteiger partial charge >= 0.3 is 0 Å². The van der Waals surface area contributed by atoms with E-state index in [9.17, 15) is 0 Å². The standard InChI is InChI=1S/C17H21NS/c1-12-7-9-16(10-8-12)19-17(14(3)18)15-6-4-5-13(2)11-15/h4-11,14,17H,18H2,1-3H3. The zero-order valence-electron chi connectivity index (χ0n) is 11.8. The molecular weight excluding hydrogens is 250 g/mol. The van der Waals surface area contributed by atoms with Gasteiger partial charge in [-0.25, -0.2) is 0 Å². The molecule has 2 atom stereocenters. The fourth-order valence-corrected chi connectivity index (χ4v) is 3.17. The van der Waals surface area contributed by atoms with Crippen LogP contribution < -0.4 is 5.73 Å². The van der Waals surface area contributed by atoms with E-state index in [-0.39, 0.29) is 6.04 Å². The van der Waals surface area contributed by atoms with E-state index in [2.05, 4.69) is 69.3 Å². The Morgan fingerprint density at radius 3 is 2.21 bits per heavy atom. The number of nitrogens with two attached hydrogens (primary N) is 1. The summed E-state index contributed by atoms with van der Waals surface area (Å²) in [7, 11) is 0. The van der Waals surface area contributed by atoms with E-state index in [1.807, 2.05) is 11.8 Å². The highest BCUT2D eigenvalue weighted by Crippen LogP contribution is 2.37. The van der Waals surface area contributed by atoms with Crippen LogP contribution in [0.5, 0.6) is 0 Å². The molecule has 19 heavy (non-hydrogen) atoms. The molecule has 2 unspecified atom stereocenters. The van der Waals surface area contributed by atoms with Gasteiger partial charge in [0.25, 0.3) is 0 Å². The molecule has 1 nitrogen and oxygen atoms in total. The van der Waals surface area contributed by atoms with E-state index in [1.54, 1.807) is 0 Å². The zero-order chi connectivity index (χ0) is 13.8. The van der Waals surface area contributed by atoms with Gasteiger partial charge in [0, 0.05) is 16.2 Å². The topological polar surface area (TPSA) is 26.0 Å². The fourth-order valence-electron chi connectivity index (χ4n) is 2.09. The van der Waals surface area contributed by atoms with Crippen molar-refractivity contribution in [2.75, 3.05) is 0 Å². The Kier molecular flexibility index (Phi) is 4.67. The number of hydrogen-bond donors (Lipinski definition) is 1. The Balaban J connectivity index is 2.23. The van der Waals surface area contributed by atoms with E-state index < -0.39 is 0 Å². The van der Waals surface area contributed by atoms with Crippen LogP contribution in [-0.2, 0) is 0 Å². The third-order valence-corrected chi connectivity index (χ3v) is 4.63. The maximum atomic E-state index is 6.18. The summed E-state index contributed by atoms with van der Waals surface area (Å²) in [5.41, 5.74) is 10.1. The van der Waals surface area contributed by atoms with Gasteiger partial charge in [0.05, 0.1) is 0 Å². The molecule has 0 saturated heterocycles. The highest BCUT2D eigenvalue weighted by atomic mass is 32.2. The maximum Gasteiger partial charge on any atom is 0.0492 e. The number of hydrogen-bond acceptors (Lipinski definition) is 2. The summed E-state index contributed by atoms with van der Waals surface area (Å²) in [6.07, 6.45) is 0. The number of aryl methyl sites for hydroxylation is 2. The summed E-state index contributed by atoms with van der Waals surface area (Å²) in [6, 6.07) is 17.4. The van der Waals surface area contributed by atoms with Gasteiger partial charge in [0.1, 0.15) is 0 Å². The second kappa shape index (κ2) is 6.27. The average molecular weight is 271 g/mol. The van der Waals surface area contributed by atoms with Gasteiger partial charge in [-0.3, -0.25) is 0 Å². The Bertz CT molecular complexity index is 531. The summed E-state index contributed by atoms with van der Waals surface area (Å²) in [5.74, 6) is 0. The first-order chi connectivity index (χ1) is 9.06. The largest absolute Gasteiger partial charge is 0.327 e. The van der Waals surface area contributed by atoms with Crippen molar-refractivity contribution in [1.82, 2.24) is 0 Å². The van der Waals surface area contributed by atoms with Crippen LogP contribution >= 0.6 is 11.8 Å². The quantitative estimate of drug-likeness (QED) is 0.829. The lowest BCUT2D eigenvalue weighted by molar-refractivity contribution is 0.721. The Morgan fingerprint density at radius 2 is 1.63 bits per heavy atom. The predicted molar refractivity (Wildman–Crippen MR) is 84.6 cm³/mol. The van der Waals surface area contributed by atoms with E-state index in [4.69, 9.17) is 5.73 Å². The van der Waals surface area contributed by atoms with E-state index in [0.29, 0.717) is 5.25 Å². The van der Waals surface area contributed by atoms with Crippen LogP contribution in [-0.4, -0.2) is 6.04 Å². The third kappa shape index (κ3) is 3.85. The van der Waals surface area contributed by atoms with Crippen LogP contribution in [0.2, 0.25) is 0 Å². The number of rotatable bonds is 4. The van der Waals surface area contributed by atoms with E-state index in [1.165, 1.54) is 21.6 Å². The van der Waals surface area contributed by atoms with Crippen molar-refractivity contribution in [3.8, 4) is 0 Å². The molecule has 2 rings (SSSR count). The molecular formula is C17H21NS. The molecule has 0 bridgehead atoms. The summed E-state index contributed by atoms with van der Waals surface area (Å²) in [4.78, 5) is 1.27. The normalized spacial score (nSPS) is 14.1. The Hall–Kier alpha value is -1.25. The molecule has 0 radical (unpaired) electrons. The molecule has 0 saturated carbocycles. The predicted octanol–water partition coefficient (Wildman–Crippen LogP) is 4.48. The molecule has 0 aliphatic carbocycles. The minimum Gasteiger partial charge on any atom is -0.327 e. The molecule has 0 spiro atoms. The second-order valence-electron chi connectivity index (χ2n) is 5.12. The molecule has 2 aromatic rings. The molecule has 100 valence electrons. The fraction of sp³-hybridized carbons (Fsp3) is 0.294. The highest BCUT2D eigenvalue weighted by Gasteiger charge is 2.17. The van der Waals surface area contributed by atoms with Gasteiger partial charge in [-0.1, -0.05) is 47.5 Å². The number of benzene rings is 2. The van der Waals surface area contributed by atoms with Crippen molar-refractivity contribution in [3.05, 3.63) is 65.2 Å². The first kappa shape index (κ1) is 14.2. The molecule has 2 heteroatoms. The van der Waals surface area contributed by atoms with Crippen LogP contribution in [0.25, 0.3) is 0 Å². The number of thioether (sulfide) groups is 1. The molecule has 0 aliphatic rings. The Morgan fingerprint density at radius 1 is 0.947 bits per heavy atom. The summed E-state index contributed by atoms with van der Waals surface area (Å²) in [5, 5.41) is 0.294. The summed E-state index contributed by atoms with van der Waals surface area (Å²) < 4.78 is 0. The summed E-state index contributed by atoms with van der Waals surface area (Å²) in [6.45, 7) is 6.31. The minimum absolute atomic E-state index is 0.119. The van der Waals surface area contributed by atoms with Gasteiger partial charge < -0.3 is 5.73 Å². The molecule has 0 aromatic heterocycles. The third-order valence-electron chi connectivity index (χ3n) is 3.13. The van der Waals surface area contributed by atoms with Crippen LogP contribution in [0.15, 0.2) is 53.4 Å². The lowest BCUT2D eigenvalue weighted by Crippen LogP contribution is -2.22. The van der Waals surface area contributed by atoms with Gasteiger partial charge in [0.2, 0.25) is 0 Å². The highest BCUT2D eigenvalue weighted by molar-refractivity contribution is 7.99. The Labute approximate surface area is 120 Å². The monoisotopic (exact) mass is 271 g/mol. The van der Waals surface area contributed by atoms with Crippen LogP contribution in [0, 0.1) is 13.8 Å². The van der Waals surface area contributed by atoms with Gasteiger partial charge in [-0.05, 0) is 38.5 Å². The minimum atomic E-state index is 0.119. The SMILES string of the molecule is Cc1ccc(SC(c2cccc(C)c2)C(C)N)cc1. The average Bonchev–Trinajstić information content (AvgIpc) is 2.37. The molecule has 2 N–H and O–H groups in total. The summed E-state index contributed by atoms with van der Waals surface area (Å²) >= 11 is 1.84. The van der Waals surface area contributed by atoms with E-state index >= 15 is 0 Å². The van der Waals surface area contributed by atoms with Gasteiger partial charge in [-0.2, -0.15) is 0 Å². The first-order valence-electron chi connectivity index (χ1n) is 6.62. The van der Waals surface area contributed by atoms with E-state index in [0.717, 1.165) is 0 Å². The molecule has 0 amide bonds. The smallest absolute Gasteiger partial charge is 0.0492 e. The van der Waals surface area contributed by atoms with Crippen molar-refractivity contribution >= 4 is 11.8 Å². The zero-order valence-corrected chi connectivity index (χ0v) is 12.6. The second-order valence-corrected chi connectivity index (χ2v) is 6.34. The van der Waals surface area contributed by atoms with Crippen molar-refractivity contribution < 1.29 is 0 Å². The van der Waals surface area contributed by atoms with Crippen molar-refractivity contribution in [2.24, 2.45) is 5.73 Å². The van der Waals surface area contributed by atoms with Crippen molar-refractivity contribution in [1.29, 1.82) is 0 Å². The van der Waals surface area contributed by atoms with Gasteiger partial charge in [0.15, 0.2) is 0 Å². The van der Waals surface area contributed by atoms with Crippen LogP contribution in [0.4, 0.5) is 0 Å². The van der Waals surface area contributed by atoms with Crippen molar-refractivity contribution in [3.63, 3.8) is 0 Å². The van der Waals surface area contributed by atoms with Crippen LogP contribution in [0.1, 0.15) is 28.9 Å². The molecule has 0 fully saturated rings. The molecule has 2 aromatic carbocycles.